The number of H-pyrrole nitrogens is 1. The van der Waals surface area contributed by atoms with Gasteiger partial charge in [-0.05, 0) is 6.42 Å². The third-order valence-corrected chi connectivity index (χ3v) is 1.86. The second-order valence-corrected chi connectivity index (χ2v) is 2.65. The molecule has 0 aliphatic rings. The van der Waals surface area contributed by atoms with Gasteiger partial charge in [0.05, 0.1) is 18.9 Å². The molecule has 0 bridgehead atoms. The molecule has 0 aliphatic heterocycles. The molecule has 4 nitrogen and oxygen atoms in total. The summed E-state index contributed by atoms with van der Waals surface area (Å²) < 4.78 is 1.68. The van der Waals surface area contributed by atoms with Gasteiger partial charge < -0.3 is 4.98 Å². The first-order chi connectivity index (χ1) is 6.22. The lowest BCUT2D eigenvalue weighted by molar-refractivity contribution is -0.554. The van der Waals surface area contributed by atoms with Gasteiger partial charge >= 0.3 is 11.4 Å². The van der Waals surface area contributed by atoms with Gasteiger partial charge in [0.15, 0.2) is 0 Å². The minimum Gasteiger partial charge on any atom is -0.316 e. The summed E-state index contributed by atoms with van der Waals surface area (Å²) in [5, 5.41) is 2.81. The van der Waals surface area contributed by atoms with Crippen LogP contribution in [0.5, 0.6) is 0 Å². The van der Waals surface area contributed by atoms with Crippen molar-refractivity contribution in [2.24, 2.45) is 0 Å². The predicted molar refractivity (Wildman–Crippen MR) is 52.6 cm³/mol. The number of anilines is 1. The molecule has 0 spiro atoms. The van der Waals surface area contributed by atoms with Gasteiger partial charge in [0.25, 0.3) is 0 Å². The van der Waals surface area contributed by atoms with Crippen LogP contribution in [0, 0.1) is 0 Å². The van der Waals surface area contributed by atoms with Gasteiger partial charge in [0.2, 0.25) is 0 Å². The zero-order valence-corrected chi connectivity index (χ0v) is 7.92. The Labute approximate surface area is 76.9 Å². The zero-order chi connectivity index (χ0) is 9.84. The first-order valence-corrected chi connectivity index (χ1v) is 4.20. The molecule has 0 atom stereocenters. The maximum absolute atomic E-state index is 11.4. The number of aromatic amines is 1. The van der Waals surface area contributed by atoms with Crippen LogP contribution in [0.1, 0.15) is 12.6 Å². The van der Waals surface area contributed by atoms with Crippen molar-refractivity contribution in [3.63, 3.8) is 0 Å². The monoisotopic (exact) mass is 180 g/mol. The molecule has 1 rings (SSSR count). The fraction of sp³-hybridized carbons (Fsp3) is 0.333. The molecule has 0 fully saturated rings. The van der Waals surface area contributed by atoms with E-state index in [1.807, 2.05) is 13.1 Å². The molecule has 13 heavy (non-hydrogen) atoms. The molecule has 0 aromatic carbocycles. The third kappa shape index (κ3) is 1.77. The van der Waals surface area contributed by atoms with Crippen molar-refractivity contribution in [1.29, 1.82) is 0 Å². The number of aryl methyl sites for hydroxylation is 1. The molecule has 0 amide bonds. The molecule has 1 heterocycles. The van der Waals surface area contributed by atoms with Crippen LogP contribution in [0.3, 0.4) is 0 Å². The number of rotatable bonds is 3. The number of hydrogen-bond acceptors (Lipinski definition) is 2. The lowest BCUT2D eigenvalue weighted by Crippen LogP contribution is -2.37. The average Bonchev–Trinajstić information content (AvgIpc) is 2.16. The van der Waals surface area contributed by atoms with E-state index in [0.29, 0.717) is 5.82 Å². The second-order valence-electron chi connectivity index (χ2n) is 2.65. The first kappa shape index (κ1) is 9.51. The topological polar surface area (TPSA) is 48.8 Å². The maximum Gasteiger partial charge on any atom is 0.345 e. The van der Waals surface area contributed by atoms with Gasteiger partial charge in [-0.2, -0.15) is 0 Å². The SMILES string of the molecule is C=C[n+]1cc(CC)[nH]c(=O)c1NC. The molecule has 4 heteroatoms. The lowest BCUT2D eigenvalue weighted by atomic mass is 10.3. The Kier molecular flexibility index (Phi) is 2.84. The summed E-state index contributed by atoms with van der Waals surface area (Å²) in [5.74, 6) is 0.493. The highest BCUT2D eigenvalue weighted by atomic mass is 16.1. The van der Waals surface area contributed by atoms with E-state index in [1.165, 1.54) is 0 Å². The van der Waals surface area contributed by atoms with Gasteiger partial charge in [-0.15, -0.1) is 0 Å². The van der Waals surface area contributed by atoms with Gasteiger partial charge in [-0.1, -0.05) is 13.5 Å². The summed E-state index contributed by atoms with van der Waals surface area (Å²) in [6, 6.07) is 0. The number of hydrogen-bond donors (Lipinski definition) is 2. The van der Waals surface area contributed by atoms with Crippen molar-refractivity contribution in [2.75, 3.05) is 12.4 Å². The van der Waals surface area contributed by atoms with Crippen LogP contribution < -0.4 is 15.4 Å². The standard InChI is InChI=1S/C9H13N3O/c1-4-7-6-12(5-2)8(10-3)9(13)11-7/h5-6H,2,4H2,1,3H3,(H,11,13)/p+1. The average molecular weight is 180 g/mol. The van der Waals surface area contributed by atoms with E-state index >= 15 is 0 Å². The molecule has 0 unspecified atom stereocenters. The minimum atomic E-state index is -0.123. The van der Waals surface area contributed by atoms with Crippen molar-refractivity contribution in [2.45, 2.75) is 13.3 Å². The highest BCUT2D eigenvalue weighted by molar-refractivity contribution is 5.26. The number of nitrogens with zero attached hydrogens (tertiary/aromatic N) is 1. The summed E-state index contributed by atoms with van der Waals surface area (Å²) in [4.78, 5) is 14.2. The van der Waals surface area contributed by atoms with E-state index in [2.05, 4.69) is 16.9 Å². The van der Waals surface area contributed by atoms with Gasteiger partial charge in [0, 0.05) is 0 Å². The van der Waals surface area contributed by atoms with Gasteiger partial charge in [-0.25, -0.2) is 4.57 Å². The van der Waals surface area contributed by atoms with E-state index in [4.69, 9.17) is 0 Å². The van der Waals surface area contributed by atoms with Crippen molar-refractivity contribution in [3.05, 3.63) is 28.8 Å². The van der Waals surface area contributed by atoms with Crippen LogP contribution in [-0.4, -0.2) is 12.0 Å². The van der Waals surface area contributed by atoms with Crippen LogP contribution in [0.4, 0.5) is 5.82 Å². The molecule has 0 saturated carbocycles. The zero-order valence-electron chi connectivity index (χ0n) is 7.92. The van der Waals surface area contributed by atoms with E-state index in [-0.39, 0.29) is 5.56 Å². The van der Waals surface area contributed by atoms with Gasteiger partial charge in [0.1, 0.15) is 6.20 Å². The molecule has 70 valence electrons. The largest absolute Gasteiger partial charge is 0.345 e. The molecule has 0 saturated heterocycles. The molecular formula is C9H14N3O+. The molecule has 0 aliphatic carbocycles. The predicted octanol–water partition coefficient (Wildman–Crippen LogP) is 0.367. The molecular weight excluding hydrogens is 166 g/mol. The van der Waals surface area contributed by atoms with Crippen molar-refractivity contribution in [3.8, 4) is 0 Å². The van der Waals surface area contributed by atoms with E-state index < -0.39 is 0 Å². The van der Waals surface area contributed by atoms with Crippen molar-refractivity contribution in [1.82, 2.24) is 4.98 Å². The fourth-order valence-corrected chi connectivity index (χ4v) is 1.15. The normalized spacial score (nSPS) is 9.69. The van der Waals surface area contributed by atoms with Crippen molar-refractivity contribution < 1.29 is 4.57 Å². The number of aromatic nitrogens is 2. The summed E-state index contributed by atoms with van der Waals surface area (Å²) in [6.07, 6.45) is 4.24. The first-order valence-electron chi connectivity index (χ1n) is 4.20. The Morgan fingerprint density at radius 1 is 1.77 bits per heavy atom. The summed E-state index contributed by atoms with van der Waals surface area (Å²) in [7, 11) is 1.70. The van der Waals surface area contributed by atoms with E-state index in [0.717, 1.165) is 12.1 Å². The molecule has 1 aromatic rings. The van der Waals surface area contributed by atoms with Crippen LogP contribution >= 0.6 is 0 Å². The highest BCUT2D eigenvalue weighted by Gasteiger charge is 2.10. The van der Waals surface area contributed by atoms with Crippen LogP contribution in [0.2, 0.25) is 0 Å². The molecule has 1 aromatic heterocycles. The fourth-order valence-electron chi connectivity index (χ4n) is 1.15. The Hall–Kier alpha value is -1.58. The summed E-state index contributed by atoms with van der Waals surface area (Å²) in [5.41, 5.74) is 0.769. The Bertz CT molecular complexity index is 368. The quantitative estimate of drug-likeness (QED) is 0.660. The number of nitrogens with one attached hydrogen (secondary N) is 2. The second kappa shape index (κ2) is 3.89. The summed E-state index contributed by atoms with van der Waals surface area (Å²) in [6.45, 7) is 5.61. The van der Waals surface area contributed by atoms with Gasteiger partial charge in [-0.3, -0.25) is 10.1 Å². The Balaban J connectivity index is 3.37. The highest BCUT2D eigenvalue weighted by Crippen LogP contribution is 1.92. The Morgan fingerprint density at radius 3 is 2.92 bits per heavy atom. The van der Waals surface area contributed by atoms with Crippen LogP contribution in [-0.2, 0) is 6.42 Å². The lowest BCUT2D eigenvalue weighted by Gasteiger charge is -2.00. The van der Waals surface area contributed by atoms with Crippen LogP contribution in [0.25, 0.3) is 6.20 Å². The Morgan fingerprint density at radius 2 is 2.46 bits per heavy atom. The van der Waals surface area contributed by atoms with Crippen molar-refractivity contribution >= 4 is 12.0 Å². The maximum atomic E-state index is 11.4. The summed E-state index contributed by atoms with van der Waals surface area (Å²) >= 11 is 0. The van der Waals surface area contributed by atoms with Crippen LogP contribution in [0.15, 0.2) is 17.6 Å². The van der Waals surface area contributed by atoms with E-state index in [1.54, 1.807) is 17.8 Å². The third-order valence-electron chi connectivity index (χ3n) is 1.86. The minimum absolute atomic E-state index is 0.123. The molecule has 0 radical (unpaired) electrons. The molecule has 2 N–H and O–H groups in total. The van der Waals surface area contributed by atoms with E-state index in [9.17, 15) is 4.79 Å². The smallest absolute Gasteiger partial charge is 0.316 e.